The second-order valence-electron chi connectivity index (χ2n) is 6.67. The first-order valence-corrected chi connectivity index (χ1v) is 6.87. The van der Waals surface area contributed by atoms with Gasteiger partial charge in [0.05, 0.1) is 11.2 Å². The lowest BCUT2D eigenvalue weighted by atomic mass is 9.73. The Balaban J connectivity index is 2.34. The maximum absolute atomic E-state index is 11.0. The number of allylic oxidation sites excluding steroid dienone is 1. The van der Waals surface area contributed by atoms with Crippen molar-refractivity contribution in [2.45, 2.75) is 64.1 Å². The molecule has 0 amide bonds. The van der Waals surface area contributed by atoms with Gasteiger partial charge in [-0.3, -0.25) is 0 Å². The molecule has 2 rings (SSSR count). The van der Waals surface area contributed by atoms with Gasteiger partial charge >= 0.3 is 0 Å². The first-order valence-electron chi connectivity index (χ1n) is 6.87. The molecule has 2 heteroatoms. The van der Waals surface area contributed by atoms with Crippen molar-refractivity contribution in [3.8, 4) is 0 Å². The molecule has 0 aromatic carbocycles. The predicted octanol–water partition coefficient (Wildman–Crippen LogP) is 2.89. The van der Waals surface area contributed by atoms with E-state index in [1.165, 1.54) is 0 Å². The zero-order valence-corrected chi connectivity index (χ0v) is 11.4. The number of hydrogen-bond donors (Lipinski definition) is 2. The fraction of sp³-hybridized carbons (Fsp3) is 0.867. The third-order valence-corrected chi connectivity index (χ3v) is 5.37. The quantitative estimate of drug-likeness (QED) is 0.690. The highest BCUT2D eigenvalue weighted by molar-refractivity contribution is 5.11. The van der Waals surface area contributed by atoms with E-state index in [0.717, 1.165) is 37.7 Å². The predicted molar refractivity (Wildman–Crippen MR) is 69.6 cm³/mol. The zero-order chi connectivity index (χ0) is 12.8. The maximum atomic E-state index is 11.0. The number of fused-ring (bicyclic) bond motifs is 1. The number of rotatable bonds is 1. The second-order valence-corrected chi connectivity index (χ2v) is 6.67. The fourth-order valence-corrected chi connectivity index (χ4v) is 4.01. The molecule has 0 unspecified atom stereocenters. The van der Waals surface area contributed by atoms with Gasteiger partial charge in [0.25, 0.3) is 0 Å². The Bertz CT molecular complexity index is 321. The summed E-state index contributed by atoms with van der Waals surface area (Å²) in [4.78, 5) is 0. The van der Waals surface area contributed by atoms with Crippen molar-refractivity contribution >= 4 is 0 Å². The van der Waals surface area contributed by atoms with Gasteiger partial charge < -0.3 is 10.2 Å². The van der Waals surface area contributed by atoms with Gasteiger partial charge in [-0.1, -0.05) is 19.1 Å². The molecule has 0 aromatic rings. The van der Waals surface area contributed by atoms with Gasteiger partial charge in [-0.25, -0.2) is 0 Å². The van der Waals surface area contributed by atoms with E-state index in [1.807, 2.05) is 13.8 Å². The zero-order valence-electron chi connectivity index (χ0n) is 11.4. The minimum atomic E-state index is -0.719. The molecule has 2 aliphatic rings. The highest BCUT2D eigenvalue weighted by atomic mass is 16.3. The maximum Gasteiger partial charge on any atom is 0.0734 e. The van der Waals surface area contributed by atoms with Gasteiger partial charge in [0, 0.05) is 5.92 Å². The summed E-state index contributed by atoms with van der Waals surface area (Å²) in [6.07, 6.45) is 4.50. The summed E-state index contributed by atoms with van der Waals surface area (Å²) in [5.41, 5.74) is -0.262. The van der Waals surface area contributed by atoms with Gasteiger partial charge in [0.15, 0.2) is 0 Å². The molecule has 2 N–H and O–H groups in total. The third kappa shape index (κ3) is 2.06. The van der Waals surface area contributed by atoms with Crippen LogP contribution in [0, 0.1) is 17.8 Å². The standard InChI is InChI=1S/C15H26O2/c1-10(2)12-7-8-14(4,16)13-6-5-11(3)15(13,17)9-12/h11-13,16-17H,1,5-9H2,2-4H3/t11-,12+,13-,14-,15+/m0/s1. The SMILES string of the molecule is C=C(C)[C@@H]1CC[C@](C)(O)[C@@H]2CC[C@H](C)[C@]2(O)C1. The lowest BCUT2D eigenvalue weighted by molar-refractivity contribution is -0.115. The van der Waals surface area contributed by atoms with Gasteiger partial charge in [-0.2, -0.15) is 0 Å². The minimum absolute atomic E-state index is 0.0364. The topological polar surface area (TPSA) is 40.5 Å². The normalized spacial score (nSPS) is 50.8. The van der Waals surface area contributed by atoms with Crippen molar-refractivity contribution in [2.75, 3.05) is 0 Å². The Labute approximate surface area is 105 Å². The summed E-state index contributed by atoms with van der Waals surface area (Å²) < 4.78 is 0. The molecule has 2 fully saturated rings. The molecule has 2 saturated carbocycles. The lowest BCUT2D eigenvalue weighted by Crippen LogP contribution is -2.48. The van der Waals surface area contributed by atoms with Crippen LogP contribution in [0.15, 0.2) is 12.2 Å². The molecule has 0 heterocycles. The van der Waals surface area contributed by atoms with Crippen molar-refractivity contribution < 1.29 is 10.2 Å². The summed E-state index contributed by atoms with van der Waals surface area (Å²) in [6, 6.07) is 0. The average molecular weight is 238 g/mol. The smallest absolute Gasteiger partial charge is 0.0734 e. The molecule has 0 aromatic heterocycles. The first-order chi connectivity index (χ1) is 7.77. The molecule has 0 spiro atoms. The lowest BCUT2D eigenvalue weighted by Gasteiger charge is -2.40. The van der Waals surface area contributed by atoms with Crippen molar-refractivity contribution in [2.24, 2.45) is 17.8 Å². The molecule has 5 atom stereocenters. The Morgan fingerprint density at radius 3 is 2.47 bits per heavy atom. The highest BCUT2D eigenvalue weighted by Crippen LogP contribution is 2.53. The summed E-state index contributed by atoms with van der Waals surface area (Å²) in [6.45, 7) is 10.1. The van der Waals surface area contributed by atoms with Gasteiger partial charge in [-0.05, 0) is 57.8 Å². The van der Waals surface area contributed by atoms with E-state index >= 15 is 0 Å². The van der Waals surface area contributed by atoms with E-state index in [1.54, 1.807) is 0 Å². The minimum Gasteiger partial charge on any atom is -0.390 e. The van der Waals surface area contributed by atoms with E-state index in [4.69, 9.17) is 0 Å². The van der Waals surface area contributed by atoms with Crippen LogP contribution in [0.3, 0.4) is 0 Å². The first kappa shape index (κ1) is 13.1. The molecule has 98 valence electrons. The Hall–Kier alpha value is -0.340. The van der Waals surface area contributed by atoms with Gasteiger partial charge in [0.1, 0.15) is 0 Å². The van der Waals surface area contributed by atoms with Gasteiger partial charge in [0.2, 0.25) is 0 Å². The molecule has 0 aliphatic heterocycles. The van der Waals surface area contributed by atoms with Gasteiger partial charge in [-0.15, -0.1) is 0 Å². The molecule has 2 nitrogen and oxygen atoms in total. The van der Waals surface area contributed by atoms with E-state index in [-0.39, 0.29) is 5.92 Å². The van der Waals surface area contributed by atoms with Crippen molar-refractivity contribution in [1.82, 2.24) is 0 Å². The second kappa shape index (κ2) is 4.10. The van der Waals surface area contributed by atoms with Crippen LogP contribution < -0.4 is 0 Å². The summed E-state index contributed by atoms with van der Waals surface area (Å²) in [5.74, 6) is 0.685. The van der Waals surface area contributed by atoms with Crippen molar-refractivity contribution in [3.05, 3.63) is 12.2 Å². The summed E-state index contributed by atoms with van der Waals surface area (Å²) >= 11 is 0. The third-order valence-electron chi connectivity index (χ3n) is 5.37. The molecule has 0 bridgehead atoms. The molecule has 17 heavy (non-hydrogen) atoms. The van der Waals surface area contributed by atoms with Crippen molar-refractivity contribution in [3.63, 3.8) is 0 Å². The monoisotopic (exact) mass is 238 g/mol. The summed E-state index contributed by atoms with van der Waals surface area (Å²) in [7, 11) is 0. The summed E-state index contributed by atoms with van der Waals surface area (Å²) in [5, 5.41) is 21.6. The van der Waals surface area contributed by atoms with E-state index in [0.29, 0.717) is 11.8 Å². The molecule has 0 saturated heterocycles. The fourth-order valence-electron chi connectivity index (χ4n) is 4.01. The molecular formula is C15H26O2. The van der Waals surface area contributed by atoms with Crippen LogP contribution in [0.4, 0.5) is 0 Å². The van der Waals surface area contributed by atoms with E-state index in [2.05, 4.69) is 13.5 Å². The Morgan fingerprint density at radius 1 is 1.24 bits per heavy atom. The van der Waals surface area contributed by atoms with Crippen LogP contribution in [0.5, 0.6) is 0 Å². The Kier molecular flexibility index (Phi) is 3.16. The van der Waals surface area contributed by atoms with Crippen LogP contribution in [-0.2, 0) is 0 Å². The average Bonchev–Trinajstić information content (AvgIpc) is 2.45. The molecule has 2 aliphatic carbocycles. The van der Waals surface area contributed by atoms with Crippen LogP contribution >= 0.6 is 0 Å². The highest BCUT2D eigenvalue weighted by Gasteiger charge is 2.55. The van der Waals surface area contributed by atoms with Crippen LogP contribution in [0.2, 0.25) is 0 Å². The van der Waals surface area contributed by atoms with Crippen LogP contribution in [0.1, 0.15) is 52.9 Å². The Morgan fingerprint density at radius 2 is 1.88 bits per heavy atom. The number of aliphatic hydroxyl groups is 2. The van der Waals surface area contributed by atoms with Crippen LogP contribution in [-0.4, -0.2) is 21.4 Å². The van der Waals surface area contributed by atoms with Crippen molar-refractivity contribution in [1.29, 1.82) is 0 Å². The van der Waals surface area contributed by atoms with Crippen LogP contribution in [0.25, 0.3) is 0 Å². The largest absolute Gasteiger partial charge is 0.390 e. The number of hydrogen-bond acceptors (Lipinski definition) is 2. The van der Waals surface area contributed by atoms with E-state index < -0.39 is 11.2 Å². The van der Waals surface area contributed by atoms with E-state index in [9.17, 15) is 10.2 Å². The molecular weight excluding hydrogens is 212 g/mol. The molecule has 0 radical (unpaired) electrons.